The van der Waals surface area contributed by atoms with Gasteiger partial charge in [0, 0.05) is 19.3 Å². The number of aromatic nitrogens is 1. The standard InChI is InChI=1S/C22H22N2O2S2/c25-28(26,24-15-7-8-16-24)20-13-14-21(23-17-20)27-22(18-9-3-1-4-10-18)19-11-5-2-6-12-19/h1-6,9-14,17,22H,7-8,15-16H2. The van der Waals surface area contributed by atoms with Gasteiger partial charge in [-0.1, -0.05) is 72.4 Å². The van der Waals surface area contributed by atoms with E-state index in [-0.39, 0.29) is 10.1 Å². The first-order chi connectivity index (χ1) is 13.6. The number of thioether (sulfide) groups is 1. The van der Waals surface area contributed by atoms with Crippen LogP contribution >= 0.6 is 11.8 Å². The fraction of sp³-hybridized carbons (Fsp3) is 0.227. The van der Waals surface area contributed by atoms with Gasteiger partial charge < -0.3 is 0 Å². The van der Waals surface area contributed by atoms with E-state index in [1.165, 1.54) is 17.3 Å². The smallest absolute Gasteiger partial charge is 0.244 e. The summed E-state index contributed by atoms with van der Waals surface area (Å²) in [7, 11) is -3.43. The predicted molar refractivity (Wildman–Crippen MR) is 113 cm³/mol. The Morgan fingerprint density at radius 3 is 1.89 bits per heavy atom. The van der Waals surface area contributed by atoms with Gasteiger partial charge in [-0.25, -0.2) is 13.4 Å². The van der Waals surface area contributed by atoms with Gasteiger partial charge in [-0.05, 0) is 36.1 Å². The molecule has 1 saturated heterocycles. The molecule has 144 valence electrons. The first-order valence-electron chi connectivity index (χ1n) is 9.37. The van der Waals surface area contributed by atoms with E-state index in [0.717, 1.165) is 17.9 Å². The Bertz CT molecular complexity index is 962. The third-order valence-corrected chi connectivity index (χ3v) is 8.00. The highest BCUT2D eigenvalue weighted by Crippen LogP contribution is 2.39. The van der Waals surface area contributed by atoms with Crippen molar-refractivity contribution in [2.75, 3.05) is 13.1 Å². The molecular weight excluding hydrogens is 388 g/mol. The molecular formula is C22H22N2O2S2. The molecule has 0 aliphatic carbocycles. The number of benzene rings is 2. The largest absolute Gasteiger partial charge is 0.249 e. The van der Waals surface area contributed by atoms with Crippen molar-refractivity contribution in [2.45, 2.75) is 28.0 Å². The summed E-state index contributed by atoms with van der Waals surface area (Å²) in [5, 5.41) is 0.897. The van der Waals surface area contributed by atoms with E-state index in [9.17, 15) is 8.42 Å². The third kappa shape index (κ3) is 4.14. The summed E-state index contributed by atoms with van der Waals surface area (Å²) < 4.78 is 26.9. The molecule has 4 nitrogen and oxygen atoms in total. The van der Waals surface area contributed by atoms with Crippen LogP contribution in [-0.4, -0.2) is 30.8 Å². The molecule has 0 bridgehead atoms. The van der Waals surface area contributed by atoms with Crippen LogP contribution in [0.5, 0.6) is 0 Å². The number of pyridine rings is 1. The number of hydrogen-bond acceptors (Lipinski definition) is 4. The minimum Gasteiger partial charge on any atom is -0.249 e. The summed E-state index contributed by atoms with van der Waals surface area (Å²) >= 11 is 1.63. The van der Waals surface area contributed by atoms with Gasteiger partial charge in [-0.15, -0.1) is 0 Å². The monoisotopic (exact) mass is 410 g/mol. The van der Waals surface area contributed by atoms with Crippen molar-refractivity contribution in [3.63, 3.8) is 0 Å². The quantitative estimate of drug-likeness (QED) is 0.551. The van der Waals surface area contributed by atoms with Crippen molar-refractivity contribution in [3.8, 4) is 0 Å². The zero-order valence-electron chi connectivity index (χ0n) is 15.4. The van der Waals surface area contributed by atoms with Crippen LogP contribution in [0.2, 0.25) is 0 Å². The average molecular weight is 411 g/mol. The van der Waals surface area contributed by atoms with E-state index in [2.05, 4.69) is 29.2 Å². The maximum absolute atomic E-state index is 12.7. The Kier molecular flexibility index (Phi) is 5.80. The number of nitrogens with zero attached hydrogens (tertiary/aromatic N) is 2. The number of hydrogen-bond donors (Lipinski definition) is 0. The summed E-state index contributed by atoms with van der Waals surface area (Å²) in [4.78, 5) is 4.74. The second-order valence-electron chi connectivity index (χ2n) is 6.76. The molecule has 0 saturated carbocycles. The Morgan fingerprint density at radius 1 is 0.821 bits per heavy atom. The van der Waals surface area contributed by atoms with Crippen LogP contribution in [0.25, 0.3) is 0 Å². The average Bonchev–Trinajstić information content (AvgIpc) is 3.30. The number of sulfonamides is 1. The molecule has 0 radical (unpaired) electrons. The topological polar surface area (TPSA) is 50.3 Å². The van der Waals surface area contributed by atoms with Crippen molar-refractivity contribution >= 4 is 21.8 Å². The summed E-state index contributed by atoms with van der Waals surface area (Å²) in [6.07, 6.45) is 3.34. The molecule has 2 aromatic carbocycles. The second kappa shape index (κ2) is 8.47. The van der Waals surface area contributed by atoms with Crippen LogP contribution in [0.4, 0.5) is 0 Å². The molecule has 0 amide bonds. The fourth-order valence-electron chi connectivity index (χ4n) is 3.37. The van der Waals surface area contributed by atoms with Crippen LogP contribution in [-0.2, 0) is 10.0 Å². The van der Waals surface area contributed by atoms with E-state index in [1.54, 1.807) is 22.1 Å². The molecule has 1 aliphatic heterocycles. The molecule has 0 spiro atoms. The second-order valence-corrected chi connectivity index (χ2v) is 9.83. The molecule has 4 rings (SSSR count). The third-order valence-electron chi connectivity index (χ3n) is 4.86. The number of rotatable bonds is 6. The first-order valence-corrected chi connectivity index (χ1v) is 11.7. The highest BCUT2D eigenvalue weighted by Gasteiger charge is 2.27. The maximum Gasteiger partial charge on any atom is 0.244 e. The predicted octanol–water partition coefficient (Wildman–Crippen LogP) is 4.75. The molecule has 0 unspecified atom stereocenters. The van der Waals surface area contributed by atoms with Crippen molar-refractivity contribution in [3.05, 3.63) is 90.1 Å². The lowest BCUT2D eigenvalue weighted by molar-refractivity contribution is 0.477. The van der Waals surface area contributed by atoms with Gasteiger partial charge in [-0.3, -0.25) is 0 Å². The summed E-state index contributed by atoms with van der Waals surface area (Å²) in [6, 6.07) is 24.1. The Morgan fingerprint density at radius 2 is 1.39 bits per heavy atom. The van der Waals surface area contributed by atoms with Gasteiger partial charge in [-0.2, -0.15) is 4.31 Å². The highest BCUT2D eigenvalue weighted by molar-refractivity contribution is 7.99. The van der Waals surface area contributed by atoms with Crippen molar-refractivity contribution < 1.29 is 8.42 Å². The van der Waals surface area contributed by atoms with Gasteiger partial charge in [0.1, 0.15) is 4.90 Å². The van der Waals surface area contributed by atoms with Crippen LogP contribution in [0, 0.1) is 0 Å². The van der Waals surface area contributed by atoms with E-state index in [0.29, 0.717) is 13.1 Å². The van der Waals surface area contributed by atoms with E-state index >= 15 is 0 Å². The SMILES string of the molecule is O=S(=O)(c1ccc(SC(c2ccccc2)c2ccccc2)nc1)N1CCCC1. The summed E-state index contributed by atoms with van der Waals surface area (Å²) in [5.74, 6) is 0. The lowest BCUT2D eigenvalue weighted by Gasteiger charge is -2.18. The van der Waals surface area contributed by atoms with E-state index in [1.807, 2.05) is 42.5 Å². The normalized spacial score (nSPS) is 15.2. The van der Waals surface area contributed by atoms with Crippen molar-refractivity contribution in [1.82, 2.24) is 9.29 Å². The lowest BCUT2D eigenvalue weighted by Crippen LogP contribution is -2.27. The maximum atomic E-state index is 12.7. The van der Waals surface area contributed by atoms with E-state index in [4.69, 9.17) is 0 Å². The molecule has 1 aromatic heterocycles. The summed E-state index contributed by atoms with van der Waals surface area (Å²) in [5.41, 5.74) is 2.38. The molecule has 28 heavy (non-hydrogen) atoms. The van der Waals surface area contributed by atoms with E-state index < -0.39 is 10.0 Å². The molecule has 3 aromatic rings. The Hall–Kier alpha value is -2.15. The van der Waals surface area contributed by atoms with Gasteiger partial charge in [0.25, 0.3) is 0 Å². The van der Waals surface area contributed by atoms with Crippen LogP contribution < -0.4 is 0 Å². The van der Waals surface area contributed by atoms with Crippen LogP contribution in [0.3, 0.4) is 0 Å². The molecule has 0 atom stereocenters. The fourth-order valence-corrected chi connectivity index (χ4v) is 5.92. The molecule has 1 aliphatic rings. The molecule has 2 heterocycles. The van der Waals surface area contributed by atoms with Gasteiger partial charge in [0.2, 0.25) is 10.0 Å². The minimum absolute atomic E-state index is 0.0935. The zero-order chi connectivity index (χ0) is 19.4. The first kappa shape index (κ1) is 19.2. The van der Waals surface area contributed by atoms with Crippen molar-refractivity contribution in [2.24, 2.45) is 0 Å². The van der Waals surface area contributed by atoms with Crippen LogP contribution in [0.15, 0.2) is 88.9 Å². The van der Waals surface area contributed by atoms with Gasteiger partial charge >= 0.3 is 0 Å². The van der Waals surface area contributed by atoms with Gasteiger partial charge in [0.15, 0.2) is 0 Å². The lowest BCUT2D eigenvalue weighted by atomic mass is 10.0. The Labute approximate surface area is 170 Å². The molecule has 0 N–H and O–H groups in total. The van der Waals surface area contributed by atoms with Crippen molar-refractivity contribution in [1.29, 1.82) is 0 Å². The van der Waals surface area contributed by atoms with Crippen LogP contribution in [0.1, 0.15) is 29.2 Å². The molecule has 6 heteroatoms. The Balaban J connectivity index is 1.59. The summed E-state index contributed by atoms with van der Waals surface area (Å²) in [6.45, 7) is 1.20. The molecule has 1 fully saturated rings. The zero-order valence-corrected chi connectivity index (χ0v) is 17.1. The minimum atomic E-state index is -3.43. The van der Waals surface area contributed by atoms with Gasteiger partial charge in [0.05, 0.1) is 10.3 Å². The highest BCUT2D eigenvalue weighted by atomic mass is 32.2.